The molecule has 0 aromatic heterocycles. The van der Waals surface area contributed by atoms with Crippen LogP contribution in [-0.2, 0) is 0 Å². The quantitative estimate of drug-likeness (QED) is 0.888. The second-order valence-electron chi connectivity index (χ2n) is 4.97. The molecule has 0 aliphatic carbocycles. The molecule has 1 aliphatic rings. The molecular weight excluding hydrogens is 234 g/mol. The lowest BCUT2D eigenvalue weighted by atomic mass is 10.1. The Kier molecular flexibility index (Phi) is 4.30. The van der Waals surface area contributed by atoms with E-state index in [1.165, 1.54) is 12.1 Å². The standard InChI is InChI=1S/C14H20F2N2/c1-10(11-6-12(15)8-13(16)7-11)18-5-3-4-14(18)9-17-2/h6-8,10,14,17H,3-5,9H2,1-2H3. The summed E-state index contributed by atoms with van der Waals surface area (Å²) in [6, 6.07) is 4.29. The Labute approximate surface area is 107 Å². The van der Waals surface area contributed by atoms with Crippen molar-refractivity contribution in [3.05, 3.63) is 35.4 Å². The zero-order chi connectivity index (χ0) is 13.1. The highest BCUT2D eigenvalue weighted by atomic mass is 19.1. The van der Waals surface area contributed by atoms with Crippen LogP contribution in [0.5, 0.6) is 0 Å². The summed E-state index contributed by atoms with van der Waals surface area (Å²) in [4.78, 5) is 2.32. The fourth-order valence-electron chi connectivity index (χ4n) is 2.83. The second kappa shape index (κ2) is 5.76. The lowest BCUT2D eigenvalue weighted by molar-refractivity contribution is 0.190. The van der Waals surface area contributed by atoms with Gasteiger partial charge < -0.3 is 5.32 Å². The van der Waals surface area contributed by atoms with Crippen molar-refractivity contribution in [3.8, 4) is 0 Å². The molecule has 1 aromatic rings. The van der Waals surface area contributed by atoms with E-state index in [0.717, 1.165) is 37.6 Å². The van der Waals surface area contributed by atoms with Gasteiger partial charge >= 0.3 is 0 Å². The molecule has 2 atom stereocenters. The molecule has 1 N–H and O–H groups in total. The Morgan fingerprint density at radius 3 is 2.61 bits per heavy atom. The number of nitrogens with one attached hydrogen (secondary N) is 1. The highest BCUT2D eigenvalue weighted by Crippen LogP contribution is 2.29. The fourth-order valence-corrected chi connectivity index (χ4v) is 2.83. The molecule has 2 unspecified atom stereocenters. The van der Waals surface area contributed by atoms with Crippen LogP contribution in [0.2, 0.25) is 0 Å². The van der Waals surface area contributed by atoms with Crippen molar-refractivity contribution in [1.29, 1.82) is 0 Å². The molecule has 18 heavy (non-hydrogen) atoms. The van der Waals surface area contributed by atoms with Gasteiger partial charge in [0.05, 0.1) is 0 Å². The summed E-state index contributed by atoms with van der Waals surface area (Å²) in [5.74, 6) is -0.998. The van der Waals surface area contributed by atoms with Crippen molar-refractivity contribution in [2.75, 3.05) is 20.1 Å². The van der Waals surface area contributed by atoms with Crippen LogP contribution in [0, 0.1) is 11.6 Å². The number of likely N-dealkylation sites (N-methyl/N-ethyl adjacent to an activating group) is 1. The molecule has 1 fully saturated rings. The fraction of sp³-hybridized carbons (Fsp3) is 0.571. The Morgan fingerprint density at radius 1 is 1.33 bits per heavy atom. The Hall–Kier alpha value is -1.00. The third-order valence-electron chi connectivity index (χ3n) is 3.73. The molecule has 0 amide bonds. The van der Waals surface area contributed by atoms with Crippen molar-refractivity contribution in [2.24, 2.45) is 0 Å². The van der Waals surface area contributed by atoms with Crippen molar-refractivity contribution in [2.45, 2.75) is 31.8 Å². The first kappa shape index (κ1) is 13.4. The summed E-state index contributed by atoms with van der Waals surface area (Å²) in [6.07, 6.45) is 2.29. The molecule has 1 aromatic carbocycles. The number of hydrogen-bond donors (Lipinski definition) is 1. The monoisotopic (exact) mass is 254 g/mol. The maximum Gasteiger partial charge on any atom is 0.126 e. The largest absolute Gasteiger partial charge is 0.318 e. The van der Waals surface area contributed by atoms with Crippen LogP contribution in [0.1, 0.15) is 31.4 Å². The molecular formula is C14H20F2N2. The maximum absolute atomic E-state index is 13.2. The minimum absolute atomic E-state index is 0.0519. The van der Waals surface area contributed by atoms with Gasteiger partial charge in [-0.1, -0.05) is 0 Å². The van der Waals surface area contributed by atoms with Gasteiger partial charge in [0, 0.05) is 24.7 Å². The first-order valence-electron chi connectivity index (χ1n) is 6.48. The summed E-state index contributed by atoms with van der Waals surface area (Å²) < 4.78 is 26.5. The van der Waals surface area contributed by atoms with Crippen LogP contribution in [-0.4, -0.2) is 31.1 Å². The smallest absolute Gasteiger partial charge is 0.126 e. The van der Waals surface area contributed by atoms with Gasteiger partial charge in [0.2, 0.25) is 0 Å². The number of hydrogen-bond acceptors (Lipinski definition) is 2. The molecule has 2 rings (SSSR count). The number of benzene rings is 1. The number of halogens is 2. The van der Waals surface area contributed by atoms with Crippen molar-refractivity contribution in [3.63, 3.8) is 0 Å². The molecule has 2 nitrogen and oxygen atoms in total. The van der Waals surface area contributed by atoms with Crippen LogP contribution in [0.4, 0.5) is 8.78 Å². The highest BCUT2D eigenvalue weighted by Gasteiger charge is 2.28. The van der Waals surface area contributed by atoms with Crippen molar-refractivity contribution >= 4 is 0 Å². The molecule has 1 heterocycles. The Balaban J connectivity index is 2.16. The molecule has 0 bridgehead atoms. The number of likely N-dealkylation sites (tertiary alicyclic amines) is 1. The van der Waals surface area contributed by atoms with Crippen LogP contribution in [0.25, 0.3) is 0 Å². The van der Waals surface area contributed by atoms with Crippen LogP contribution in [0.15, 0.2) is 18.2 Å². The van der Waals surface area contributed by atoms with Gasteiger partial charge in [-0.3, -0.25) is 4.90 Å². The van der Waals surface area contributed by atoms with E-state index in [1.54, 1.807) is 0 Å². The average Bonchev–Trinajstić information content (AvgIpc) is 2.75. The minimum atomic E-state index is -0.499. The molecule has 0 saturated carbocycles. The summed E-state index contributed by atoms with van der Waals surface area (Å²) >= 11 is 0. The van der Waals surface area contributed by atoms with Crippen molar-refractivity contribution in [1.82, 2.24) is 10.2 Å². The molecule has 0 radical (unpaired) electrons. The normalized spacial score (nSPS) is 22.3. The third-order valence-corrected chi connectivity index (χ3v) is 3.73. The van der Waals surface area contributed by atoms with Gasteiger partial charge in [0.1, 0.15) is 11.6 Å². The Bertz CT molecular complexity index is 389. The molecule has 0 spiro atoms. The van der Waals surface area contributed by atoms with Gasteiger partial charge in [-0.25, -0.2) is 8.78 Å². The van der Waals surface area contributed by atoms with Crippen LogP contribution in [0.3, 0.4) is 0 Å². The van der Waals surface area contributed by atoms with E-state index in [1.807, 2.05) is 14.0 Å². The summed E-state index contributed by atoms with van der Waals surface area (Å²) in [6.45, 7) is 3.93. The predicted octanol–water partition coefficient (Wildman–Crippen LogP) is 2.71. The van der Waals surface area contributed by atoms with E-state index >= 15 is 0 Å². The van der Waals surface area contributed by atoms with Gasteiger partial charge in [-0.2, -0.15) is 0 Å². The van der Waals surface area contributed by atoms with Crippen LogP contribution < -0.4 is 5.32 Å². The highest BCUT2D eigenvalue weighted by molar-refractivity contribution is 5.21. The lowest BCUT2D eigenvalue weighted by Gasteiger charge is -2.31. The van der Waals surface area contributed by atoms with E-state index in [-0.39, 0.29) is 6.04 Å². The lowest BCUT2D eigenvalue weighted by Crippen LogP contribution is -2.38. The molecule has 100 valence electrons. The van der Waals surface area contributed by atoms with E-state index in [0.29, 0.717) is 6.04 Å². The summed E-state index contributed by atoms with van der Waals surface area (Å²) in [5, 5.41) is 3.18. The SMILES string of the molecule is CNCC1CCCN1C(C)c1cc(F)cc(F)c1. The van der Waals surface area contributed by atoms with Crippen molar-refractivity contribution < 1.29 is 8.78 Å². The summed E-state index contributed by atoms with van der Waals surface area (Å²) in [5.41, 5.74) is 0.718. The molecule has 1 saturated heterocycles. The van der Waals surface area contributed by atoms with Gasteiger partial charge in [0.25, 0.3) is 0 Å². The minimum Gasteiger partial charge on any atom is -0.318 e. The van der Waals surface area contributed by atoms with Gasteiger partial charge in [-0.15, -0.1) is 0 Å². The maximum atomic E-state index is 13.2. The molecule has 1 aliphatic heterocycles. The van der Waals surface area contributed by atoms with E-state index in [9.17, 15) is 8.78 Å². The van der Waals surface area contributed by atoms with Gasteiger partial charge in [0.15, 0.2) is 0 Å². The number of rotatable bonds is 4. The van der Waals surface area contributed by atoms with E-state index in [2.05, 4.69) is 10.2 Å². The number of nitrogens with zero attached hydrogens (tertiary/aromatic N) is 1. The topological polar surface area (TPSA) is 15.3 Å². The second-order valence-corrected chi connectivity index (χ2v) is 4.97. The first-order chi connectivity index (χ1) is 8.61. The third kappa shape index (κ3) is 2.87. The Morgan fingerprint density at radius 2 is 2.00 bits per heavy atom. The molecule has 4 heteroatoms. The average molecular weight is 254 g/mol. The van der Waals surface area contributed by atoms with E-state index < -0.39 is 11.6 Å². The zero-order valence-corrected chi connectivity index (χ0v) is 10.9. The van der Waals surface area contributed by atoms with E-state index in [4.69, 9.17) is 0 Å². The van der Waals surface area contributed by atoms with Crippen LogP contribution >= 0.6 is 0 Å². The summed E-state index contributed by atoms with van der Waals surface area (Å²) in [7, 11) is 1.93. The predicted molar refractivity (Wildman–Crippen MR) is 68.4 cm³/mol. The van der Waals surface area contributed by atoms with Gasteiger partial charge in [-0.05, 0) is 51.1 Å². The zero-order valence-electron chi connectivity index (χ0n) is 10.9. The first-order valence-corrected chi connectivity index (χ1v) is 6.48.